The number of nitrogens with zero attached hydrogens (tertiary/aromatic N) is 5. The van der Waals surface area contributed by atoms with Gasteiger partial charge in [-0.25, -0.2) is 4.98 Å². The van der Waals surface area contributed by atoms with E-state index in [0.29, 0.717) is 48.9 Å². The number of likely N-dealkylation sites (tertiary alicyclic amines) is 2. The molecule has 10 heteroatoms. The second-order valence-corrected chi connectivity index (χ2v) is 11.6. The Hall–Kier alpha value is -3.01. The van der Waals surface area contributed by atoms with Crippen molar-refractivity contribution in [3.05, 3.63) is 34.8 Å². The van der Waals surface area contributed by atoms with Gasteiger partial charge in [0.1, 0.15) is 5.82 Å². The molecular weight excluding hydrogens is 470 g/mol. The predicted octanol–water partition coefficient (Wildman–Crippen LogP) is 2.00. The highest BCUT2D eigenvalue weighted by Crippen LogP contribution is 2.44. The molecule has 37 heavy (non-hydrogen) atoms. The molecule has 0 bridgehead atoms. The van der Waals surface area contributed by atoms with E-state index in [9.17, 15) is 9.59 Å². The van der Waals surface area contributed by atoms with E-state index in [1.54, 1.807) is 6.20 Å². The summed E-state index contributed by atoms with van der Waals surface area (Å²) in [7, 11) is 0. The summed E-state index contributed by atoms with van der Waals surface area (Å²) in [4.78, 5) is 35.5. The Morgan fingerprint density at radius 3 is 2.43 bits per heavy atom. The molecule has 2 aromatic heterocycles. The molecule has 0 aromatic carbocycles. The quantitative estimate of drug-likeness (QED) is 0.639. The minimum Gasteiger partial charge on any atom is -0.381 e. The summed E-state index contributed by atoms with van der Waals surface area (Å²) < 4.78 is 5.49. The average molecular weight is 506 g/mol. The van der Waals surface area contributed by atoms with Crippen LogP contribution < -0.4 is 5.32 Å². The largest absolute Gasteiger partial charge is 0.381 e. The molecule has 0 spiro atoms. The van der Waals surface area contributed by atoms with Crippen molar-refractivity contribution < 1.29 is 14.3 Å². The van der Waals surface area contributed by atoms with Crippen LogP contribution in [0.2, 0.25) is 0 Å². The molecule has 2 N–H and O–H groups in total. The first-order valence-electron chi connectivity index (χ1n) is 13.9. The molecule has 1 saturated carbocycles. The molecule has 4 fully saturated rings. The van der Waals surface area contributed by atoms with Gasteiger partial charge >= 0.3 is 0 Å². The summed E-state index contributed by atoms with van der Waals surface area (Å²) in [6, 6.07) is 2.47. The molecule has 196 valence electrons. The molecule has 3 saturated heterocycles. The molecule has 10 nitrogen and oxygen atoms in total. The van der Waals surface area contributed by atoms with Gasteiger partial charge < -0.3 is 19.9 Å². The number of ether oxygens (including phenoxy) is 1. The van der Waals surface area contributed by atoms with Crippen molar-refractivity contribution >= 4 is 17.6 Å². The molecule has 0 radical (unpaired) electrons. The van der Waals surface area contributed by atoms with E-state index in [1.165, 1.54) is 18.4 Å². The van der Waals surface area contributed by atoms with Gasteiger partial charge in [-0.1, -0.05) is 0 Å². The van der Waals surface area contributed by atoms with Gasteiger partial charge in [-0.15, -0.1) is 0 Å². The summed E-state index contributed by atoms with van der Waals surface area (Å²) in [5, 5.41) is 14.7. The van der Waals surface area contributed by atoms with Crippen LogP contribution in [-0.2, 0) is 22.4 Å². The molecule has 3 unspecified atom stereocenters. The second kappa shape index (κ2) is 9.38. The number of hydrogen-bond donors (Lipinski definition) is 2. The fourth-order valence-corrected chi connectivity index (χ4v) is 6.74. The third kappa shape index (κ3) is 4.49. The maximum atomic E-state index is 13.5. The van der Waals surface area contributed by atoms with E-state index in [4.69, 9.17) is 9.72 Å². The van der Waals surface area contributed by atoms with Gasteiger partial charge in [-0.05, 0) is 56.1 Å². The number of fused-ring (bicyclic) bond motifs is 2. The summed E-state index contributed by atoms with van der Waals surface area (Å²) in [6.07, 6.45) is 8.39. The number of hydrogen-bond acceptors (Lipinski definition) is 7. The first-order chi connectivity index (χ1) is 18.1. The van der Waals surface area contributed by atoms with Crippen LogP contribution in [0.15, 0.2) is 12.3 Å². The lowest BCUT2D eigenvalue weighted by molar-refractivity contribution is -0.135. The van der Waals surface area contributed by atoms with Crippen molar-refractivity contribution in [3.8, 4) is 0 Å². The van der Waals surface area contributed by atoms with E-state index in [-0.39, 0.29) is 17.7 Å². The fourth-order valence-electron chi connectivity index (χ4n) is 6.74. The van der Waals surface area contributed by atoms with E-state index in [1.807, 2.05) is 9.80 Å². The minimum atomic E-state index is -0.00524. The number of aromatic nitrogens is 4. The molecule has 2 aliphatic carbocycles. The number of aryl methyl sites for hydroxylation is 1. The zero-order valence-corrected chi connectivity index (χ0v) is 21.2. The highest BCUT2D eigenvalue weighted by molar-refractivity contribution is 5.94. The van der Waals surface area contributed by atoms with Crippen molar-refractivity contribution in [2.24, 2.45) is 17.8 Å². The average Bonchev–Trinajstić information content (AvgIpc) is 3.33. The van der Waals surface area contributed by atoms with E-state index < -0.39 is 0 Å². The van der Waals surface area contributed by atoms with Crippen molar-refractivity contribution in [2.45, 2.75) is 56.9 Å². The summed E-state index contributed by atoms with van der Waals surface area (Å²) >= 11 is 0. The number of carbonyl (C=O) groups excluding carboxylic acids is 2. The first-order valence-corrected chi connectivity index (χ1v) is 13.9. The van der Waals surface area contributed by atoms with Crippen LogP contribution >= 0.6 is 0 Å². The number of rotatable bonds is 5. The number of pyridine rings is 1. The van der Waals surface area contributed by atoms with Crippen molar-refractivity contribution in [1.29, 1.82) is 0 Å². The highest BCUT2D eigenvalue weighted by atomic mass is 16.5. The smallest absolute Gasteiger partial charge is 0.255 e. The lowest BCUT2D eigenvalue weighted by atomic mass is 9.89. The molecule has 5 aliphatic rings. The minimum absolute atomic E-state index is 0.00524. The maximum absolute atomic E-state index is 13.5. The van der Waals surface area contributed by atoms with Gasteiger partial charge in [0, 0.05) is 75.8 Å². The molecular formula is C27H35N7O3. The van der Waals surface area contributed by atoms with Crippen molar-refractivity contribution in [2.75, 3.05) is 44.7 Å². The zero-order valence-electron chi connectivity index (χ0n) is 21.2. The van der Waals surface area contributed by atoms with Crippen LogP contribution in [0, 0.1) is 17.8 Å². The summed E-state index contributed by atoms with van der Waals surface area (Å²) in [6.45, 7) is 4.50. The number of nitrogens with one attached hydrogen (secondary N) is 2. The maximum Gasteiger partial charge on any atom is 0.255 e. The lowest BCUT2D eigenvalue weighted by Crippen LogP contribution is -2.40. The van der Waals surface area contributed by atoms with Crippen LogP contribution in [0.3, 0.4) is 0 Å². The van der Waals surface area contributed by atoms with Crippen LogP contribution in [0.4, 0.5) is 5.82 Å². The topological polar surface area (TPSA) is 116 Å². The molecule has 2 amide bonds. The Labute approximate surface area is 216 Å². The summed E-state index contributed by atoms with van der Waals surface area (Å²) in [5.41, 5.74) is 3.83. The number of aromatic amines is 1. The van der Waals surface area contributed by atoms with Crippen LogP contribution in [0.25, 0.3) is 0 Å². The fraction of sp³-hybridized carbons (Fsp3) is 0.667. The van der Waals surface area contributed by atoms with Crippen molar-refractivity contribution in [1.82, 2.24) is 30.2 Å². The monoisotopic (exact) mass is 505 g/mol. The number of amides is 2. The zero-order chi connectivity index (χ0) is 24.9. The molecule has 3 aliphatic heterocycles. The number of carbonyl (C=O) groups is 2. The van der Waals surface area contributed by atoms with Crippen LogP contribution in [-0.4, -0.2) is 87.4 Å². The summed E-state index contributed by atoms with van der Waals surface area (Å²) in [5.74, 6) is 2.47. The Bertz CT molecular complexity index is 1170. The van der Waals surface area contributed by atoms with Crippen LogP contribution in [0.1, 0.15) is 65.3 Å². The third-order valence-electron chi connectivity index (χ3n) is 9.05. The Kier molecular flexibility index (Phi) is 5.86. The van der Waals surface area contributed by atoms with E-state index in [0.717, 1.165) is 69.2 Å². The van der Waals surface area contributed by atoms with Gasteiger partial charge in [0.2, 0.25) is 5.91 Å². The highest BCUT2D eigenvalue weighted by Gasteiger charge is 2.45. The van der Waals surface area contributed by atoms with Gasteiger partial charge in [-0.3, -0.25) is 9.59 Å². The second-order valence-electron chi connectivity index (χ2n) is 11.6. The Morgan fingerprint density at radius 1 is 0.946 bits per heavy atom. The normalized spacial score (nSPS) is 27.7. The predicted molar refractivity (Wildman–Crippen MR) is 135 cm³/mol. The number of anilines is 1. The molecule has 2 aromatic rings. The van der Waals surface area contributed by atoms with Crippen molar-refractivity contribution in [3.63, 3.8) is 0 Å². The van der Waals surface area contributed by atoms with Gasteiger partial charge in [0.05, 0.1) is 17.0 Å². The van der Waals surface area contributed by atoms with Crippen LogP contribution in [0.5, 0.6) is 0 Å². The van der Waals surface area contributed by atoms with Gasteiger partial charge in [0.15, 0.2) is 0 Å². The standard InChI is InChI=1S/C27H35N7O3/c35-26(17-3-4-23-24(10-17)31-32-30-23)33-12-19-14-34(15-20(19)13-33)27(36)18-9-22(16-1-2-16)25(28-11-18)29-21-5-7-37-8-6-21/h9,11,16-17,19-21H,1-8,10,12-15H2,(H,28,29)(H,30,31,32). The molecule has 5 heterocycles. The molecule has 3 atom stereocenters. The van der Waals surface area contributed by atoms with Gasteiger partial charge in [-0.2, -0.15) is 15.4 Å². The first kappa shape index (κ1) is 23.1. The van der Waals surface area contributed by atoms with Gasteiger partial charge in [0.25, 0.3) is 5.91 Å². The Balaban J connectivity index is 0.981. The molecule has 7 rings (SSSR count). The Morgan fingerprint density at radius 2 is 1.68 bits per heavy atom. The lowest BCUT2D eigenvalue weighted by Gasteiger charge is -2.27. The SMILES string of the molecule is O=C(c1cnc(NC2CCOCC2)c(C2CC2)c1)N1CC2CN(C(=O)C3CCc4n[nH]nc4C3)CC2C1. The number of H-pyrrole nitrogens is 1. The van der Waals surface area contributed by atoms with E-state index in [2.05, 4.69) is 26.8 Å². The van der Waals surface area contributed by atoms with E-state index >= 15 is 0 Å². The third-order valence-corrected chi connectivity index (χ3v) is 9.05.